The molecule has 16 heavy (non-hydrogen) atoms. The number of nitrogens with zero attached hydrogens (tertiary/aromatic N) is 1. The molecule has 1 rings (SSSR count). The fourth-order valence-electron chi connectivity index (χ4n) is 1.88. The molecule has 1 fully saturated rings. The molecule has 1 atom stereocenters. The number of ether oxygens (including phenoxy) is 1. The summed E-state index contributed by atoms with van der Waals surface area (Å²) >= 11 is 0. The molecule has 1 amide bonds. The van der Waals surface area contributed by atoms with Crippen LogP contribution in [0.15, 0.2) is 12.2 Å². The van der Waals surface area contributed by atoms with E-state index in [1.807, 2.05) is 0 Å². The summed E-state index contributed by atoms with van der Waals surface area (Å²) in [5.74, 6) is -0.487. The van der Waals surface area contributed by atoms with E-state index in [-0.39, 0.29) is 11.9 Å². The minimum atomic E-state index is -0.521. The van der Waals surface area contributed by atoms with Crippen molar-refractivity contribution in [2.75, 3.05) is 13.7 Å². The van der Waals surface area contributed by atoms with Crippen LogP contribution < -0.4 is 0 Å². The van der Waals surface area contributed by atoms with Gasteiger partial charge in [0.25, 0.3) is 0 Å². The molecule has 0 aliphatic carbocycles. The molecule has 1 heterocycles. The zero-order valence-electron chi connectivity index (χ0n) is 9.99. The monoisotopic (exact) mass is 225 g/mol. The van der Waals surface area contributed by atoms with Crippen LogP contribution in [-0.4, -0.2) is 36.5 Å². The summed E-state index contributed by atoms with van der Waals surface area (Å²) in [6.45, 7) is 6.07. The van der Waals surface area contributed by atoms with Crippen LogP contribution in [0.4, 0.5) is 0 Å². The summed E-state index contributed by atoms with van der Waals surface area (Å²) in [6, 6.07) is -0.521. The Morgan fingerprint density at radius 1 is 1.44 bits per heavy atom. The largest absolute Gasteiger partial charge is 0.467 e. The smallest absolute Gasteiger partial charge is 0.328 e. The Labute approximate surface area is 96.3 Å². The summed E-state index contributed by atoms with van der Waals surface area (Å²) in [4.78, 5) is 25.0. The number of carbonyl (C=O) groups is 2. The number of likely N-dealkylation sites (tertiary alicyclic amines) is 1. The molecule has 0 spiro atoms. The van der Waals surface area contributed by atoms with E-state index in [2.05, 4.69) is 11.3 Å². The van der Waals surface area contributed by atoms with Gasteiger partial charge in [-0.15, -0.1) is 0 Å². The third-order valence-corrected chi connectivity index (χ3v) is 2.95. The maximum Gasteiger partial charge on any atom is 0.328 e. The number of methoxy groups -OCH3 is 1. The molecule has 0 N–H and O–H groups in total. The fraction of sp³-hybridized carbons (Fsp3) is 0.667. The zero-order valence-corrected chi connectivity index (χ0v) is 9.99. The van der Waals surface area contributed by atoms with Crippen molar-refractivity contribution in [3.8, 4) is 0 Å². The van der Waals surface area contributed by atoms with Gasteiger partial charge in [0.15, 0.2) is 0 Å². The van der Waals surface area contributed by atoms with Gasteiger partial charge < -0.3 is 9.64 Å². The standard InChI is InChI=1S/C12H19NO3/c1-9-7-5-4-6-8-13(11(9)14)10(2)12(15)16-3/h10H,1,4-8H2,2-3H3. The van der Waals surface area contributed by atoms with Gasteiger partial charge in [0.1, 0.15) is 6.04 Å². The molecule has 1 aliphatic heterocycles. The first-order valence-corrected chi connectivity index (χ1v) is 5.64. The molecule has 4 nitrogen and oxygen atoms in total. The average Bonchev–Trinajstić information content (AvgIpc) is 2.28. The van der Waals surface area contributed by atoms with E-state index in [9.17, 15) is 9.59 Å². The molecule has 0 aromatic heterocycles. The first-order chi connectivity index (χ1) is 7.57. The van der Waals surface area contributed by atoms with E-state index in [4.69, 9.17) is 0 Å². The van der Waals surface area contributed by atoms with Crippen LogP contribution in [0, 0.1) is 0 Å². The molecule has 0 bridgehead atoms. The van der Waals surface area contributed by atoms with Crippen molar-refractivity contribution in [3.63, 3.8) is 0 Å². The number of carbonyl (C=O) groups excluding carboxylic acids is 2. The average molecular weight is 225 g/mol. The van der Waals surface area contributed by atoms with Gasteiger partial charge in [0, 0.05) is 12.1 Å². The molecule has 0 radical (unpaired) electrons. The summed E-state index contributed by atoms with van der Waals surface area (Å²) < 4.78 is 4.66. The Morgan fingerprint density at radius 3 is 2.75 bits per heavy atom. The topological polar surface area (TPSA) is 46.6 Å². The molecule has 0 aromatic rings. The lowest BCUT2D eigenvalue weighted by Gasteiger charge is -2.29. The molecular formula is C12H19NO3. The quantitative estimate of drug-likeness (QED) is 0.528. The summed E-state index contributed by atoms with van der Waals surface area (Å²) in [7, 11) is 1.34. The number of amides is 1. The summed E-state index contributed by atoms with van der Waals surface area (Å²) in [5.41, 5.74) is 0.593. The van der Waals surface area contributed by atoms with Gasteiger partial charge in [-0.2, -0.15) is 0 Å². The lowest BCUT2D eigenvalue weighted by atomic mass is 10.0. The molecule has 4 heteroatoms. The Kier molecular flexibility index (Phi) is 4.52. The Bertz CT molecular complexity index is 299. The first-order valence-electron chi connectivity index (χ1n) is 5.64. The summed E-state index contributed by atoms with van der Waals surface area (Å²) in [5, 5.41) is 0. The number of hydrogen-bond donors (Lipinski definition) is 0. The minimum Gasteiger partial charge on any atom is -0.467 e. The first kappa shape index (κ1) is 12.7. The molecule has 1 saturated heterocycles. The molecule has 0 aromatic carbocycles. The van der Waals surface area contributed by atoms with Crippen molar-refractivity contribution >= 4 is 11.9 Å². The van der Waals surface area contributed by atoms with E-state index in [1.54, 1.807) is 11.8 Å². The normalized spacial score (nSPS) is 20.0. The van der Waals surface area contributed by atoms with Gasteiger partial charge in [-0.1, -0.05) is 13.0 Å². The van der Waals surface area contributed by atoms with Crippen LogP contribution >= 0.6 is 0 Å². The second-order valence-electron chi connectivity index (χ2n) is 4.11. The predicted octanol–water partition coefficient (Wildman–Crippen LogP) is 1.51. The third kappa shape index (κ3) is 2.84. The van der Waals surface area contributed by atoms with E-state index >= 15 is 0 Å². The van der Waals surface area contributed by atoms with Crippen LogP contribution in [0.5, 0.6) is 0 Å². The van der Waals surface area contributed by atoms with Crippen LogP contribution in [0.25, 0.3) is 0 Å². The fourth-order valence-corrected chi connectivity index (χ4v) is 1.88. The van der Waals surface area contributed by atoms with E-state index in [0.29, 0.717) is 12.1 Å². The minimum absolute atomic E-state index is 0.113. The molecular weight excluding hydrogens is 206 g/mol. The highest BCUT2D eigenvalue weighted by Gasteiger charge is 2.28. The number of rotatable bonds is 2. The van der Waals surface area contributed by atoms with Crippen LogP contribution in [-0.2, 0) is 14.3 Å². The number of hydrogen-bond acceptors (Lipinski definition) is 3. The molecule has 1 aliphatic rings. The Hall–Kier alpha value is -1.32. The zero-order chi connectivity index (χ0) is 12.1. The van der Waals surface area contributed by atoms with Gasteiger partial charge in [0.2, 0.25) is 5.91 Å². The highest BCUT2D eigenvalue weighted by atomic mass is 16.5. The predicted molar refractivity (Wildman–Crippen MR) is 60.8 cm³/mol. The van der Waals surface area contributed by atoms with E-state index < -0.39 is 6.04 Å². The summed E-state index contributed by atoms with van der Waals surface area (Å²) in [6.07, 6.45) is 3.73. The lowest BCUT2D eigenvalue weighted by Crippen LogP contribution is -2.45. The molecule has 1 unspecified atom stereocenters. The highest BCUT2D eigenvalue weighted by molar-refractivity contribution is 5.95. The van der Waals surface area contributed by atoms with Gasteiger partial charge >= 0.3 is 5.97 Å². The Balaban J connectivity index is 2.77. The highest BCUT2D eigenvalue weighted by Crippen LogP contribution is 2.17. The second-order valence-corrected chi connectivity index (χ2v) is 4.11. The molecule has 0 saturated carbocycles. The van der Waals surface area contributed by atoms with Crippen LogP contribution in [0.1, 0.15) is 32.6 Å². The maximum absolute atomic E-state index is 12.0. The second kappa shape index (κ2) is 5.68. The number of esters is 1. The van der Waals surface area contributed by atoms with Crippen molar-refractivity contribution < 1.29 is 14.3 Å². The van der Waals surface area contributed by atoms with Crippen molar-refractivity contribution in [1.29, 1.82) is 0 Å². The van der Waals surface area contributed by atoms with Crippen molar-refractivity contribution in [1.82, 2.24) is 4.90 Å². The van der Waals surface area contributed by atoms with Gasteiger partial charge in [0.05, 0.1) is 7.11 Å². The SMILES string of the molecule is C=C1CCCCCN(C(C)C(=O)OC)C1=O. The van der Waals surface area contributed by atoms with Gasteiger partial charge in [-0.3, -0.25) is 4.79 Å². The molecule has 90 valence electrons. The van der Waals surface area contributed by atoms with Crippen LogP contribution in [0.3, 0.4) is 0 Å². The van der Waals surface area contributed by atoms with Crippen molar-refractivity contribution in [2.24, 2.45) is 0 Å². The van der Waals surface area contributed by atoms with E-state index in [1.165, 1.54) is 7.11 Å². The lowest BCUT2D eigenvalue weighted by molar-refractivity contribution is -0.151. The van der Waals surface area contributed by atoms with Gasteiger partial charge in [-0.05, 0) is 26.2 Å². The van der Waals surface area contributed by atoms with Crippen molar-refractivity contribution in [3.05, 3.63) is 12.2 Å². The van der Waals surface area contributed by atoms with Gasteiger partial charge in [-0.25, -0.2) is 4.79 Å². The maximum atomic E-state index is 12.0. The third-order valence-electron chi connectivity index (χ3n) is 2.95. The van der Waals surface area contributed by atoms with Crippen molar-refractivity contribution in [2.45, 2.75) is 38.6 Å². The van der Waals surface area contributed by atoms with E-state index in [0.717, 1.165) is 25.7 Å². The van der Waals surface area contributed by atoms with Crippen LogP contribution in [0.2, 0.25) is 0 Å². The Morgan fingerprint density at radius 2 is 2.12 bits per heavy atom.